The van der Waals surface area contributed by atoms with Crippen LogP contribution in [0.3, 0.4) is 0 Å². The molecule has 5 nitrogen and oxygen atoms in total. The average Bonchev–Trinajstić information content (AvgIpc) is 2.77. The lowest BCUT2D eigenvalue weighted by atomic mass is 9.93. The topological polar surface area (TPSA) is 59.8 Å². The molecule has 0 saturated carbocycles. The van der Waals surface area contributed by atoms with Gasteiger partial charge in [0.25, 0.3) is 0 Å². The van der Waals surface area contributed by atoms with E-state index in [2.05, 4.69) is 32.2 Å². The van der Waals surface area contributed by atoms with Gasteiger partial charge in [-0.05, 0) is 39.0 Å². The van der Waals surface area contributed by atoms with Crippen LogP contribution in [0.25, 0.3) is 0 Å². The van der Waals surface area contributed by atoms with Crippen molar-refractivity contribution in [1.29, 1.82) is 0 Å². The van der Waals surface area contributed by atoms with Crippen LogP contribution in [0, 0.1) is 5.92 Å². The SMILES string of the molecule is CC(NC(=O)C1CC=CCC1)c1nnc2n1CCCCC2. The summed E-state index contributed by atoms with van der Waals surface area (Å²) in [5.74, 6) is 2.25. The van der Waals surface area contributed by atoms with Gasteiger partial charge in [0.2, 0.25) is 5.91 Å². The number of hydrogen-bond acceptors (Lipinski definition) is 3. The van der Waals surface area contributed by atoms with Crippen LogP contribution in [-0.4, -0.2) is 20.7 Å². The first-order valence-electron chi connectivity index (χ1n) is 8.13. The fourth-order valence-corrected chi connectivity index (χ4v) is 3.26. The summed E-state index contributed by atoms with van der Waals surface area (Å²) in [5.41, 5.74) is 0. The summed E-state index contributed by atoms with van der Waals surface area (Å²) >= 11 is 0. The van der Waals surface area contributed by atoms with E-state index in [0.29, 0.717) is 0 Å². The van der Waals surface area contributed by atoms with Gasteiger partial charge < -0.3 is 9.88 Å². The van der Waals surface area contributed by atoms with Gasteiger partial charge in [0.1, 0.15) is 5.82 Å². The average molecular weight is 288 g/mol. The van der Waals surface area contributed by atoms with Crippen molar-refractivity contribution >= 4 is 5.91 Å². The first-order chi connectivity index (χ1) is 10.3. The summed E-state index contributed by atoms with van der Waals surface area (Å²) < 4.78 is 2.21. The largest absolute Gasteiger partial charge is 0.346 e. The smallest absolute Gasteiger partial charge is 0.224 e. The van der Waals surface area contributed by atoms with Gasteiger partial charge in [0, 0.05) is 18.9 Å². The quantitative estimate of drug-likeness (QED) is 0.870. The lowest BCUT2D eigenvalue weighted by Crippen LogP contribution is -2.34. The second-order valence-corrected chi connectivity index (χ2v) is 6.15. The van der Waals surface area contributed by atoms with E-state index in [1.54, 1.807) is 0 Å². The molecule has 2 atom stereocenters. The lowest BCUT2D eigenvalue weighted by molar-refractivity contribution is -0.125. The standard InChI is InChI=1S/C16H24N4O/c1-12(17-16(21)13-8-4-2-5-9-13)15-19-18-14-10-6-3-7-11-20(14)15/h2,4,12-13H,3,5-11H2,1H3,(H,17,21). The fraction of sp³-hybridized carbons (Fsp3) is 0.688. The maximum atomic E-state index is 12.3. The zero-order valence-electron chi connectivity index (χ0n) is 12.7. The Morgan fingerprint density at radius 1 is 1.33 bits per heavy atom. The zero-order chi connectivity index (χ0) is 14.7. The van der Waals surface area contributed by atoms with E-state index in [0.717, 1.165) is 43.9 Å². The maximum absolute atomic E-state index is 12.3. The Morgan fingerprint density at radius 2 is 2.24 bits per heavy atom. The molecule has 2 heterocycles. The highest BCUT2D eigenvalue weighted by Gasteiger charge is 2.24. The molecule has 0 saturated heterocycles. The van der Waals surface area contributed by atoms with Crippen LogP contribution in [0.1, 0.15) is 63.1 Å². The second-order valence-electron chi connectivity index (χ2n) is 6.15. The van der Waals surface area contributed by atoms with E-state index >= 15 is 0 Å². The first kappa shape index (κ1) is 14.3. The molecule has 0 aromatic carbocycles. The molecule has 0 radical (unpaired) electrons. The van der Waals surface area contributed by atoms with Crippen molar-refractivity contribution in [3.05, 3.63) is 23.8 Å². The Morgan fingerprint density at radius 3 is 3.05 bits per heavy atom. The Bertz CT molecular complexity index is 534. The minimum Gasteiger partial charge on any atom is -0.346 e. The summed E-state index contributed by atoms with van der Waals surface area (Å²) in [5, 5.41) is 11.8. The highest BCUT2D eigenvalue weighted by Crippen LogP contribution is 2.21. The summed E-state index contributed by atoms with van der Waals surface area (Å²) in [4.78, 5) is 12.3. The molecule has 3 rings (SSSR count). The third-order valence-corrected chi connectivity index (χ3v) is 4.52. The van der Waals surface area contributed by atoms with E-state index in [1.807, 2.05) is 6.92 Å². The van der Waals surface area contributed by atoms with Crippen molar-refractivity contribution in [3.63, 3.8) is 0 Å². The van der Waals surface area contributed by atoms with E-state index in [4.69, 9.17) is 0 Å². The predicted octanol–water partition coefficient (Wildman–Crippen LogP) is 2.54. The summed E-state index contributed by atoms with van der Waals surface area (Å²) in [7, 11) is 0. The van der Waals surface area contributed by atoms with E-state index < -0.39 is 0 Å². The molecule has 0 bridgehead atoms. The van der Waals surface area contributed by atoms with Gasteiger partial charge in [0.05, 0.1) is 6.04 Å². The van der Waals surface area contributed by atoms with Crippen molar-refractivity contribution in [2.45, 2.75) is 64.5 Å². The van der Waals surface area contributed by atoms with Crippen LogP contribution in [-0.2, 0) is 17.8 Å². The summed E-state index contributed by atoms with van der Waals surface area (Å²) in [6.45, 7) is 2.99. The number of nitrogens with zero attached hydrogens (tertiary/aromatic N) is 3. The molecule has 1 aliphatic heterocycles. The van der Waals surface area contributed by atoms with Crippen molar-refractivity contribution in [2.75, 3.05) is 0 Å². The highest BCUT2D eigenvalue weighted by atomic mass is 16.1. The molecule has 5 heteroatoms. The molecule has 1 aromatic heterocycles. The number of allylic oxidation sites excluding steroid dienone is 2. The van der Waals surface area contributed by atoms with E-state index in [-0.39, 0.29) is 17.9 Å². The van der Waals surface area contributed by atoms with Gasteiger partial charge in [-0.1, -0.05) is 18.6 Å². The van der Waals surface area contributed by atoms with Crippen molar-refractivity contribution in [1.82, 2.24) is 20.1 Å². The molecular weight excluding hydrogens is 264 g/mol. The minimum atomic E-state index is -0.0669. The van der Waals surface area contributed by atoms with Gasteiger partial charge in [-0.25, -0.2) is 0 Å². The molecule has 0 spiro atoms. The molecule has 1 aliphatic carbocycles. The number of aryl methyl sites for hydroxylation is 1. The summed E-state index contributed by atoms with van der Waals surface area (Å²) in [6, 6.07) is -0.0669. The summed E-state index contributed by atoms with van der Waals surface area (Å²) in [6.07, 6.45) is 11.7. The van der Waals surface area contributed by atoms with Crippen LogP contribution in [0.2, 0.25) is 0 Å². The first-order valence-corrected chi connectivity index (χ1v) is 8.13. The van der Waals surface area contributed by atoms with Crippen LogP contribution < -0.4 is 5.32 Å². The molecule has 1 aromatic rings. The number of hydrogen-bond donors (Lipinski definition) is 1. The molecule has 0 fully saturated rings. The molecule has 1 amide bonds. The Labute approximate surface area is 125 Å². The van der Waals surface area contributed by atoms with Gasteiger partial charge in [-0.15, -0.1) is 10.2 Å². The van der Waals surface area contributed by atoms with Crippen LogP contribution in [0.15, 0.2) is 12.2 Å². The van der Waals surface area contributed by atoms with E-state index in [9.17, 15) is 4.79 Å². The van der Waals surface area contributed by atoms with Crippen molar-refractivity contribution in [2.24, 2.45) is 5.92 Å². The predicted molar refractivity (Wildman–Crippen MR) is 80.6 cm³/mol. The number of rotatable bonds is 3. The van der Waals surface area contributed by atoms with Gasteiger partial charge in [-0.2, -0.15) is 0 Å². The molecule has 21 heavy (non-hydrogen) atoms. The number of nitrogens with one attached hydrogen (secondary N) is 1. The van der Waals surface area contributed by atoms with Crippen LogP contribution in [0.4, 0.5) is 0 Å². The van der Waals surface area contributed by atoms with E-state index in [1.165, 1.54) is 19.3 Å². The van der Waals surface area contributed by atoms with Gasteiger partial charge in [-0.3, -0.25) is 4.79 Å². The molecule has 2 aliphatic rings. The minimum absolute atomic E-state index is 0.0669. The number of fused-ring (bicyclic) bond motifs is 1. The maximum Gasteiger partial charge on any atom is 0.224 e. The molecule has 1 N–H and O–H groups in total. The second kappa shape index (κ2) is 6.41. The molecule has 114 valence electrons. The van der Waals surface area contributed by atoms with Gasteiger partial charge >= 0.3 is 0 Å². The van der Waals surface area contributed by atoms with Crippen molar-refractivity contribution in [3.8, 4) is 0 Å². The van der Waals surface area contributed by atoms with Crippen molar-refractivity contribution < 1.29 is 4.79 Å². The third kappa shape index (κ3) is 3.17. The van der Waals surface area contributed by atoms with Crippen LogP contribution >= 0.6 is 0 Å². The Kier molecular flexibility index (Phi) is 4.36. The molecule has 2 unspecified atom stereocenters. The Hall–Kier alpha value is -1.65. The van der Waals surface area contributed by atoms with Gasteiger partial charge in [0.15, 0.2) is 5.82 Å². The Balaban J connectivity index is 1.67. The number of amides is 1. The monoisotopic (exact) mass is 288 g/mol. The fourth-order valence-electron chi connectivity index (χ4n) is 3.26. The number of carbonyl (C=O) groups is 1. The molecular formula is C16H24N4O. The van der Waals surface area contributed by atoms with Crippen LogP contribution in [0.5, 0.6) is 0 Å². The zero-order valence-corrected chi connectivity index (χ0v) is 12.7. The lowest BCUT2D eigenvalue weighted by Gasteiger charge is -2.21. The normalized spacial score (nSPS) is 23.2. The number of aromatic nitrogens is 3. The number of carbonyl (C=O) groups excluding carboxylic acids is 1. The third-order valence-electron chi connectivity index (χ3n) is 4.52. The highest BCUT2D eigenvalue weighted by molar-refractivity contribution is 5.79.